The van der Waals surface area contributed by atoms with Crippen molar-refractivity contribution in [2.75, 3.05) is 19.5 Å². The normalized spacial score (nSPS) is 12.6. The maximum absolute atomic E-state index is 13.5. The largest absolute Gasteiger partial charge is 0.481 e. The van der Waals surface area contributed by atoms with E-state index < -0.39 is 31.7 Å². The monoisotopic (exact) mass is 696 g/mol. The van der Waals surface area contributed by atoms with Gasteiger partial charge in [0.15, 0.2) is 0 Å². The van der Waals surface area contributed by atoms with E-state index in [9.17, 15) is 9.59 Å². The Kier molecular flexibility index (Phi) is 11.5. The Labute approximate surface area is 298 Å². The number of hydrogen-bond donors (Lipinski definition) is 1. The summed E-state index contributed by atoms with van der Waals surface area (Å²) in [4.78, 5) is 42.0. The molecule has 4 aromatic rings. The average Bonchev–Trinajstić information content (AvgIpc) is 3.41. The van der Waals surface area contributed by atoms with Crippen LogP contribution in [-0.2, 0) is 9.53 Å². The number of amides is 2. The lowest BCUT2D eigenvalue weighted by Crippen LogP contribution is -2.45. The van der Waals surface area contributed by atoms with Crippen LogP contribution in [0.3, 0.4) is 0 Å². The number of nitrogens with one attached hydrogen (secondary N) is 1. The summed E-state index contributed by atoms with van der Waals surface area (Å²) in [6.07, 6.45) is 3.17. The molecule has 4 aromatic heterocycles. The van der Waals surface area contributed by atoms with Crippen molar-refractivity contribution < 1.29 is 19.1 Å². The first-order chi connectivity index (χ1) is 23.4. The van der Waals surface area contributed by atoms with Crippen LogP contribution in [0, 0.1) is 18.4 Å². The van der Waals surface area contributed by atoms with Crippen molar-refractivity contribution >= 4 is 31.5 Å². The van der Waals surface area contributed by atoms with Crippen LogP contribution in [0.25, 0.3) is 28.2 Å². The van der Waals surface area contributed by atoms with Crippen molar-refractivity contribution in [3.63, 3.8) is 0 Å². The minimum atomic E-state index is -2.17. The Bertz CT molecular complexity index is 1890. The zero-order chi connectivity index (χ0) is 37.1. The van der Waals surface area contributed by atoms with Crippen LogP contribution in [0.1, 0.15) is 80.5 Å². The summed E-state index contributed by atoms with van der Waals surface area (Å²) in [6, 6.07) is 10.7. The molecule has 4 rings (SSSR count). The van der Waals surface area contributed by atoms with Gasteiger partial charge in [-0.15, -0.1) is 5.54 Å². The fourth-order valence-electron chi connectivity index (χ4n) is 6.56. The maximum Gasteiger partial charge on any atom is 0.410 e. The van der Waals surface area contributed by atoms with Crippen LogP contribution in [0.2, 0.25) is 16.6 Å². The van der Waals surface area contributed by atoms with Gasteiger partial charge in [0.05, 0.1) is 18.5 Å². The van der Waals surface area contributed by atoms with Gasteiger partial charge in [0.2, 0.25) is 11.8 Å². The number of aryl methyl sites for hydroxylation is 1. The number of aromatic nitrogens is 4. The van der Waals surface area contributed by atoms with Crippen LogP contribution in [0.5, 0.6) is 5.88 Å². The summed E-state index contributed by atoms with van der Waals surface area (Å²) >= 11 is 0. The number of ether oxygens (including phenoxy) is 2. The standard InChI is InChI=1S/C39H52N6O4Si/c1-24(2)50(25(3)4,26(5)6)21-19-31-30(15-16-32(41-31)42-37(46)28(8)44(12)38(47)49-39(9,10)11)36-35(29-14-17-34(48-13)40-23-29)43-33-22-27(7)18-20-45(33)36/h14-18,20,22-26,28H,1-13H3,(H,41,42,46). The van der Waals surface area contributed by atoms with E-state index in [2.05, 4.69) is 63.3 Å². The third-order valence-electron chi connectivity index (χ3n) is 9.31. The highest BCUT2D eigenvalue weighted by atomic mass is 28.3. The molecular formula is C39H52N6O4Si. The van der Waals surface area contributed by atoms with E-state index in [0.29, 0.717) is 34.0 Å². The highest BCUT2D eigenvalue weighted by Gasteiger charge is 2.42. The minimum absolute atomic E-state index is 0.329. The Morgan fingerprint density at radius 3 is 2.18 bits per heavy atom. The third-order valence-corrected chi connectivity index (χ3v) is 15.6. The summed E-state index contributed by atoms with van der Waals surface area (Å²) in [5.74, 6) is 3.99. The quantitative estimate of drug-likeness (QED) is 0.138. The topological polar surface area (TPSA) is 111 Å². The minimum Gasteiger partial charge on any atom is -0.481 e. The molecule has 1 atom stereocenters. The van der Waals surface area contributed by atoms with Crippen LogP contribution in [0.15, 0.2) is 48.8 Å². The molecule has 2 amide bonds. The molecule has 0 aromatic carbocycles. The highest BCUT2D eigenvalue weighted by molar-refractivity contribution is 6.90. The van der Waals surface area contributed by atoms with E-state index >= 15 is 0 Å². The molecule has 0 spiro atoms. The number of pyridine rings is 3. The number of rotatable bonds is 9. The van der Waals surface area contributed by atoms with Crippen molar-refractivity contribution in [3.05, 3.63) is 60.0 Å². The molecule has 0 fully saturated rings. The molecule has 1 unspecified atom stereocenters. The summed E-state index contributed by atoms with van der Waals surface area (Å²) < 4.78 is 12.8. The van der Waals surface area contributed by atoms with Gasteiger partial charge in [0.25, 0.3) is 0 Å². The van der Waals surface area contributed by atoms with Crippen molar-refractivity contribution in [2.45, 2.75) is 104 Å². The van der Waals surface area contributed by atoms with Crippen molar-refractivity contribution in [3.8, 4) is 39.9 Å². The Hall–Kier alpha value is -4.69. The van der Waals surface area contributed by atoms with E-state index in [4.69, 9.17) is 19.4 Å². The van der Waals surface area contributed by atoms with Crippen LogP contribution < -0.4 is 10.1 Å². The molecule has 0 aliphatic rings. The van der Waals surface area contributed by atoms with Gasteiger partial charge in [-0.1, -0.05) is 47.5 Å². The van der Waals surface area contributed by atoms with E-state index in [1.165, 1.54) is 4.90 Å². The first-order valence-corrected chi connectivity index (χ1v) is 19.4. The summed E-state index contributed by atoms with van der Waals surface area (Å²) in [5, 5.41) is 2.92. The molecule has 1 N–H and O–H groups in total. The van der Waals surface area contributed by atoms with Crippen LogP contribution in [-0.4, -0.2) is 70.1 Å². The van der Waals surface area contributed by atoms with Gasteiger partial charge in [0, 0.05) is 36.6 Å². The van der Waals surface area contributed by atoms with Gasteiger partial charge in [-0.2, -0.15) is 0 Å². The lowest BCUT2D eigenvalue weighted by Gasteiger charge is -2.38. The number of imidazole rings is 1. The second-order valence-corrected chi connectivity index (χ2v) is 20.4. The first kappa shape index (κ1) is 38.1. The fourth-order valence-corrected chi connectivity index (χ4v) is 11.8. The molecule has 0 aliphatic heterocycles. The van der Waals surface area contributed by atoms with Gasteiger partial charge in [-0.3, -0.25) is 14.1 Å². The number of carbonyl (C=O) groups excluding carboxylic acids is 2. The Morgan fingerprint density at radius 2 is 1.62 bits per heavy atom. The number of likely N-dealkylation sites (N-methyl/N-ethyl adjacent to an activating group) is 1. The fraction of sp³-hybridized carbons (Fsp3) is 0.462. The number of fused-ring (bicyclic) bond motifs is 1. The lowest BCUT2D eigenvalue weighted by molar-refractivity contribution is -0.120. The molecule has 0 radical (unpaired) electrons. The van der Waals surface area contributed by atoms with Crippen LogP contribution >= 0.6 is 0 Å². The number of nitrogens with zero attached hydrogens (tertiary/aromatic N) is 5. The molecule has 11 heteroatoms. The summed E-state index contributed by atoms with van der Waals surface area (Å²) in [7, 11) is 0.955. The van der Waals surface area contributed by atoms with E-state index in [1.807, 2.05) is 47.9 Å². The van der Waals surface area contributed by atoms with Crippen molar-refractivity contribution in [2.24, 2.45) is 0 Å². The van der Waals surface area contributed by atoms with Crippen molar-refractivity contribution in [1.29, 1.82) is 0 Å². The first-order valence-electron chi connectivity index (χ1n) is 17.2. The smallest absolute Gasteiger partial charge is 0.410 e. The van der Waals surface area contributed by atoms with Gasteiger partial charge in [0.1, 0.15) is 36.9 Å². The molecule has 0 saturated heterocycles. The molecule has 50 heavy (non-hydrogen) atoms. The number of carbonyl (C=O) groups is 2. The Balaban J connectivity index is 1.92. The van der Waals surface area contributed by atoms with Crippen LogP contribution in [0.4, 0.5) is 10.6 Å². The zero-order valence-electron chi connectivity index (χ0n) is 31.8. The molecule has 0 aliphatic carbocycles. The second kappa shape index (κ2) is 15.0. The van der Waals surface area contributed by atoms with E-state index in [1.54, 1.807) is 54.1 Å². The molecule has 10 nitrogen and oxygen atoms in total. The number of hydrogen-bond acceptors (Lipinski definition) is 7. The molecule has 266 valence electrons. The number of anilines is 1. The maximum atomic E-state index is 13.5. The molecule has 0 bridgehead atoms. The van der Waals surface area contributed by atoms with Gasteiger partial charge in [-0.25, -0.2) is 19.7 Å². The van der Waals surface area contributed by atoms with Gasteiger partial charge < -0.3 is 14.8 Å². The second-order valence-electron chi connectivity index (χ2n) is 14.8. The van der Waals surface area contributed by atoms with E-state index in [0.717, 1.165) is 33.7 Å². The zero-order valence-corrected chi connectivity index (χ0v) is 32.8. The average molecular weight is 697 g/mol. The SMILES string of the molecule is COc1ccc(-c2nc3cc(C)ccn3c2-c2ccc(NC(=O)C(C)N(C)C(=O)OC(C)(C)C)nc2C#C[Si](C(C)C)(C(C)C)C(C)C)cn1. The van der Waals surface area contributed by atoms with Gasteiger partial charge >= 0.3 is 6.09 Å². The summed E-state index contributed by atoms with van der Waals surface area (Å²) in [6.45, 7) is 22.7. The van der Waals surface area contributed by atoms with Crippen molar-refractivity contribution in [1.82, 2.24) is 24.3 Å². The highest BCUT2D eigenvalue weighted by Crippen LogP contribution is 2.41. The third kappa shape index (κ3) is 8.02. The number of methoxy groups -OCH3 is 1. The molecule has 0 saturated carbocycles. The summed E-state index contributed by atoms with van der Waals surface area (Å²) in [5.41, 5.74) is 9.86. The molecule has 4 heterocycles. The van der Waals surface area contributed by atoms with Gasteiger partial charge in [-0.05, 0) is 87.1 Å². The van der Waals surface area contributed by atoms with E-state index in [-0.39, 0.29) is 0 Å². The Morgan fingerprint density at radius 1 is 0.960 bits per heavy atom. The predicted molar refractivity (Wildman–Crippen MR) is 203 cm³/mol. The predicted octanol–water partition coefficient (Wildman–Crippen LogP) is 8.54. The lowest BCUT2D eigenvalue weighted by atomic mass is 10.0. The molecular weight excluding hydrogens is 645 g/mol.